The molecule has 2 rings (SSSR count). The van der Waals surface area contributed by atoms with Crippen molar-refractivity contribution in [2.24, 2.45) is 0 Å². The van der Waals surface area contributed by atoms with Gasteiger partial charge in [0.2, 0.25) is 0 Å². The predicted molar refractivity (Wildman–Crippen MR) is 64.6 cm³/mol. The van der Waals surface area contributed by atoms with Crippen LogP contribution in [0, 0.1) is 10.1 Å². The van der Waals surface area contributed by atoms with Gasteiger partial charge in [0.15, 0.2) is 0 Å². The lowest BCUT2D eigenvalue weighted by Gasteiger charge is -2.01. The number of nitro groups is 1. The van der Waals surface area contributed by atoms with E-state index in [0.717, 1.165) is 10.8 Å². The van der Waals surface area contributed by atoms with Gasteiger partial charge in [0, 0.05) is 0 Å². The molecule has 0 heterocycles. The second-order valence-electron chi connectivity index (χ2n) is 3.49. The summed E-state index contributed by atoms with van der Waals surface area (Å²) in [5, 5.41) is 12.9. The number of nitrogens with zero attached hydrogens (tertiary/aromatic N) is 1. The first-order valence-electron chi connectivity index (χ1n) is 5.02. The summed E-state index contributed by atoms with van der Waals surface area (Å²) in [5.74, 6) is 0. The minimum absolute atomic E-state index is 0.144. The quantitative estimate of drug-likeness (QED) is 0.566. The smallest absolute Gasteiger partial charge is 0.258 e. The van der Waals surface area contributed by atoms with Gasteiger partial charge in [-0.05, 0) is 35.9 Å². The van der Waals surface area contributed by atoms with Crippen LogP contribution in [0.15, 0.2) is 48.5 Å². The Kier molecular flexibility index (Phi) is 2.68. The summed E-state index contributed by atoms with van der Waals surface area (Å²) in [5.41, 5.74) is 0.789. The standard InChI is InChI=1S/C13H11NO2/c1-2-13(14(15)16)12-8-7-10-5-3-4-6-11(10)9-12/h2-9H,1H3. The Balaban J connectivity index is 2.59. The molecule has 0 saturated carbocycles. The van der Waals surface area contributed by atoms with Crippen molar-refractivity contribution < 1.29 is 4.92 Å². The number of hydrogen-bond donors (Lipinski definition) is 0. The highest BCUT2D eigenvalue weighted by Crippen LogP contribution is 2.21. The first-order chi connectivity index (χ1) is 7.72. The van der Waals surface area contributed by atoms with E-state index in [9.17, 15) is 10.1 Å². The second kappa shape index (κ2) is 4.14. The Morgan fingerprint density at radius 3 is 2.50 bits per heavy atom. The Morgan fingerprint density at radius 2 is 1.88 bits per heavy atom. The normalized spacial score (nSPS) is 11.7. The molecule has 0 radical (unpaired) electrons. The third kappa shape index (κ3) is 1.80. The van der Waals surface area contributed by atoms with Gasteiger partial charge < -0.3 is 0 Å². The molecule has 0 spiro atoms. The number of benzene rings is 2. The van der Waals surface area contributed by atoms with Crippen molar-refractivity contribution in [2.75, 3.05) is 0 Å². The van der Waals surface area contributed by atoms with Crippen LogP contribution >= 0.6 is 0 Å². The van der Waals surface area contributed by atoms with E-state index >= 15 is 0 Å². The van der Waals surface area contributed by atoms with Gasteiger partial charge in [-0.25, -0.2) is 0 Å². The largest absolute Gasteiger partial charge is 0.272 e. The lowest BCUT2D eigenvalue weighted by Crippen LogP contribution is -1.97. The highest BCUT2D eigenvalue weighted by atomic mass is 16.6. The van der Waals surface area contributed by atoms with Crippen molar-refractivity contribution in [3.63, 3.8) is 0 Å². The van der Waals surface area contributed by atoms with Crippen LogP contribution in [0.5, 0.6) is 0 Å². The van der Waals surface area contributed by atoms with Gasteiger partial charge in [-0.2, -0.15) is 0 Å². The minimum Gasteiger partial charge on any atom is -0.258 e. The molecule has 0 N–H and O–H groups in total. The van der Waals surface area contributed by atoms with Crippen LogP contribution in [0.1, 0.15) is 12.5 Å². The molecular formula is C13H11NO2. The van der Waals surface area contributed by atoms with Crippen molar-refractivity contribution >= 4 is 16.5 Å². The first kappa shape index (κ1) is 10.4. The van der Waals surface area contributed by atoms with Crippen LogP contribution in [0.3, 0.4) is 0 Å². The molecule has 0 atom stereocenters. The predicted octanol–water partition coefficient (Wildman–Crippen LogP) is 3.48. The molecule has 3 nitrogen and oxygen atoms in total. The molecule has 0 bridgehead atoms. The Morgan fingerprint density at radius 1 is 1.19 bits per heavy atom. The van der Waals surface area contributed by atoms with Gasteiger partial charge in [-0.1, -0.05) is 30.3 Å². The van der Waals surface area contributed by atoms with Crippen LogP contribution in [0.25, 0.3) is 16.5 Å². The van der Waals surface area contributed by atoms with E-state index in [4.69, 9.17) is 0 Å². The zero-order valence-electron chi connectivity index (χ0n) is 8.88. The second-order valence-corrected chi connectivity index (χ2v) is 3.49. The summed E-state index contributed by atoms with van der Waals surface area (Å²) >= 11 is 0. The summed E-state index contributed by atoms with van der Waals surface area (Å²) in [4.78, 5) is 10.4. The van der Waals surface area contributed by atoms with Crippen LogP contribution in [-0.2, 0) is 0 Å². The van der Waals surface area contributed by atoms with Crippen LogP contribution in [0.2, 0.25) is 0 Å². The average Bonchev–Trinajstić information content (AvgIpc) is 2.29. The molecule has 0 aliphatic rings. The number of rotatable bonds is 2. The number of fused-ring (bicyclic) bond motifs is 1. The SMILES string of the molecule is CC=C(c1ccc2ccccc2c1)[N+](=O)[O-]. The minimum atomic E-state index is -0.357. The summed E-state index contributed by atoms with van der Waals surface area (Å²) in [6.07, 6.45) is 1.52. The summed E-state index contributed by atoms with van der Waals surface area (Å²) in [6.45, 7) is 1.67. The monoisotopic (exact) mass is 213 g/mol. The molecule has 3 heteroatoms. The summed E-state index contributed by atoms with van der Waals surface area (Å²) in [6, 6.07) is 13.3. The molecule has 0 amide bonds. The molecule has 16 heavy (non-hydrogen) atoms. The zero-order chi connectivity index (χ0) is 11.5. The van der Waals surface area contributed by atoms with E-state index in [1.54, 1.807) is 13.0 Å². The molecule has 2 aromatic rings. The number of allylic oxidation sites excluding steroid dienone is 1. The van der Waals surface area contributed by atoms with E-state index in [1.807, 2.05) is 36.4 Å². The molecule has 0 fully saturated rings. The fraction of sp³-hybridized carbons (Fsp3) is 0.0769. The van der Waals surface area contributed by atoms with E-state index in [1.165, 1.54) is 6.08 Å². The molecule has 0 unspecified atom stereocenters. The van der Waals surface area contributed by atoms with Crippen molar-refractivity contribution in [1.29, 1.82) is 0 Å². The van der Waals surface area contributed by atoms with Gasteiger partial charge in [0.05, 0.1) is 10.5 Å². The van der Waals surface area contributed by atoms with E-state index in [-0.39, 0.29) is 10.6 Å². The highest BCUT2D eigenvalue weighted by Gasteiger charge is 2.12. The zero-order valence-corrected chi connectivity index (χ0v) is 8.88. The van der Waals surface area contributed by atoms with E-state index in [2.05, 4.69) is 0 Å². The van der Waals surface area contributed by atoms with E-state index < -0.39 is 0 Å². The van der Waals surface area contributed by atoms with Gasteiger partial charge in [-0.3, -0.25) is 10.1 Å². The van der Waals surface area contributed by atoms with Gasteiger partial charge in [0.1, 0.15) is 0 Å². The first-order valence-corrected chi connectivity index (χ1v) is 5.02. The molecule has 80 valence electrons. The Bertz CT molecular complexity index is 573. The lowest BCUT2D eigenvalue weighted by atomic mass is 10.1. The van der Waals surface area contributed by atoms with Gasteiger partial charge >= 0.3 is 0 Å². The third-order valence-corrected chi connectivity index (χ3v) is 2.52. The van der Waals surface area contributed by atoms with Crippen molar-refractivity contribution in [3.8, 4) is 0 Å². The summed E-state index contributed by atoms with van der Waals surface area (Å²) < 4.78 is 0. The maximum Gasteiger partial charge on any atom is 0.272 e. The maximum atomic E-state index is 10.8. The molecule has 2 aromatic carbocycles. The molecule has 0 aliphatic heterocycles. The molecule has 0 saturated heterocycles. The Hall–Kier alpha value is -2.16. The van der Waals surface area contributed by atoms with Crippen molar-refractivity contribution in [3.05, 3.63) is 64.2 Å². The lowest BCUT2D eigenvalue weighted by molar-refractivity contribution is -0.375. The van der Waals surface area contributed by atoms with Gasteiger partial charge in [-0.15, -0.1) is 0 Å². The van der Waals surface area contributed by atoms with Gasteiger partial charge in [0.25, 0.3) is 5.70 Å². The fourth-order valence-electron chi connectivity index (χ4n) is 1.73. The maximum absolute atomic E-state index is 10.8. The third-order valence-electron chi connectivity index (χ3n) is 2.52. The average molecular weight is 213 g/mol. The molecule has 0 aliphatic carbocycles. The Labute approximate surface area is 93.2 Å². The fourth-order valence-corrected chi connectivity index (χ4v) is 1.73. The van der Waals surface area contributed by atoms with E-state index in [0.29, 0.717) is 5.56 Å². The van der Waals surface area contributed by atoms with Crippen LogP contribution in [-0.4, -0.2) is 4.92 Å². The topological polar surface area (TPSA) is 43.1 Å². The van der Waals surface area contributed by atoms with Crippen molar-refractivity contribution in [2.45, 2.75) is 6.92 Å². The van der Waals surface area contributed by atoms with Crippen LogP contribution in [0.4, 0.5) is 0 Å². The summed E-state index contributed by atoms with van der Waals surface area (Å²) in [7, 11) is 0. The van der Waals surface area contributed by atoms with Crippen molar-refractivity contribution in [1.82, 2.24) is 0 Å². The van der Waals surface area contributed by atoms with Crippen LogP contribution < -0.4 is 0 Å². The number of hydrogen-bond acceptors (Lipinski definition) is 2. The highest BCUT2D eigenvalue weighted by molar-refractivity contribution is 5.85. The molecular weight excluding hydrogens is 202 g/mol. The molecule has 0 aromatic heterocycles.